The lowest BCUT2D eigenvalue weighted by Gasteiger charge is -2.33. The molecule has 21 heavy (non-hydrogen) atoms. The van der Waals surface area contributed by atoms with Gasteiger partial charge in [0.1, 0.15) is 0 Å². The second kappa shape index (κ2) is 5.51. The number of anilines is 1. The van der Waals surface area contributed by atoms with Crippen LogP contribution in [0.1, 0.15) is 18.9 Å². The first-order chi connectivity index (χ1) is 10.1. The van der Waals surface area contributed by atoms with E-state index in [-0.39, 0.29) is 5.69 Å². The fourth-order valence-corrected chi connectivity index (χ4v) is 2.73. The Kier molecular flexibility index (Phi) is 3.55. The van der Waals surface area contributed by atoms with Gasteiger partial charge in [-0.3, -0.25) is 14.8 Å². The van der Waals surface area contributed by atoms with Crippen LogP contribution in [0.5, 0.6) is 0 Å². The Labute approximate surface area is 120 Å². The van der Waals surface area contributed by atoms with E-state index in [4.69, 9.17) is 0 Å². The topological polar surface area (TPSA) is 64.2 Å². The van der Waals surface area contributed by atoms with Crippen LogP contribution in [0.15, 0.2) is 36.7 Å². The van der Waals surface area contributed by atoms with Gasteiger partial charge < -0.3 is 4.90 Å². The highest BCUT2D eigenvalue weighted by atomic mass is 19.1. The van der Waals surface area contributed by atoms with Crippen LogP contribution >= 0.6 is 0 Å². The fourth-order valence-electron chi connectivity index (χ4n) is 2.73. The molecule has 0 amide bonds. The molecule has 0 bridgehead atoms. The van der Waals surface area contributed by atoms with Crippen molar-refractivity contribution in [1.82, 2.24) is 9.78 Å². The first-order valence-corrected chi connectivity index (χ1v) is 6.83. The maximum absolute atomic E-state index is 14.0. The molecule has 1 saturated heterocycles. The Morgan fingerprint density at radius 3 is 2.67 bits per heavy atom. The quantitative estimate of drug-likeness (QED) is 0.644. The van der Waals surface area contributed by atoms with Crippen LogP contribution in [-0.4, -0.2) is 27.8 Å². The summed E-state index contributed by atoms with van der Waals surface area (Å²) in [7, 11) is 0. The van der Waals surface area contributed by atoms with Crippen molar-refractivity contribution < 1.29 is 9.31 Å². The highest BCUT2D eigenvalue weighted by Crippen LogP contribution is 2.29. The third-order valence-electron chi connectivity index (χ3n) is 3.85. The summed E-state index contributed by atoms with van der Waals surface area (Å²) in [5.41, 5.74) is 0.210. The van der Waals surface area contributed by atoms with Gasteiger partial charge in [-0.1, -0.05) is 0 Å². The van der Waals surface area contributed by atoms with E-state index in [1.165, 1.54) is 12.1 Å². The molecule has 6 nitrogen and oxygen atoms in total. The maximum atomic E-state index is 14.0. The number of piperidine rings is 1. The van der Waals surface area contributed by atoms with E-state index in [9.17, 15) is 14.5 Å². The molecule has 2 heterocycles. The van der Waals surface area contributed by atoms with Crippen molar-refractivity contribution in [2.75, 3.05) is 18.0 Å². The molecule has 1 aliphatic rings. The zero-order valence-corrected chi connectivity index (χ0v) is 11.4. The van der Waals surface area contributed by atoms with Crippen LogP contribution < -0.4 is 4.90 Å². The van der Waals surface area contributed by atoms with Crippen molar-refractivity contribution in [1.29, 1.82) is 0 Å². The van der Waals surface area contributed by atoms with E-state index in [1.54, 1.807) is 6.20 Å². The number of nitro benzene ring substituents is 1. The van der Waals surface area contributed by atoms with Gasteiger partial charge in [0.25, 0.3) is 5.69 Å². The van der Waals surface area contributed by atoms with Crippen molar-refractivity contribution in [2.24, 2.45) is 0 Å². The molecule has 0 unspecified atom stereocenters. The van der Waals surface area contributed by atoms with Crippen molar-refractivity contribution in [3.05, 3.63) is 52.6 Å². The molecule has 0 radical (unpaired) electrons. The van der Waals surface area contributed by atoms with Gasteiger partial charge in [-0.25, -0.2) is 4.39 Å². The second-order valence-electron chi connectivity index (χ2n) is 5.10. The molecule has 3 rings (SSSR count). The Hall–Kier alpha value is -2.44. The zero-order valence-electron chi connectivity index (χ0n) is 11.4. The molecule has 2 aromatic rings. The Balaban J connectivity index is 1.71. The highest BCUT2D eigenvalue weighted by molar-refractivity contribution is 5.52. The SMILES string of the molecule is O=[N+]([O-])c1ccc(N2CCC(n3cccn3)CC2)c(F)c1. The van der Waals surface area contributed by atoms with E-state index >= 15 is 0 Å². The number of rotatable bonds is 3. The summed E-state index contributed by atoms with van der Waals surface area (Å²) in [6.45, 7) is 1.42. The summed E-state index contributed by atoms with van der Waals surface area (Å²) in [4.78, 5) is 12.0. The van der Waals surface area contributed by atoms with Crippen molar-refractivity contribution in [3.63, 3.8) is 0 Å². The molecule has 0 atom stereocenters. The molecule has 0 N–H and O–H groups in total. The largest absolute Gasteiger partial charge is 0.369 e. The smallest absolute Gasteiger partial charge is 0.272 e. The Morgan fingerprint density at radius 2 is 2.10 bits per heavy atom. The van der Waals surface area contributed by atoms with Gasteiger partial charge in [-0.15, -0.1) is 0 Å². The predicted octanol–water partition coefficient (Wildman–Crippen LogP) is 2.77. The van der Waals surface area contributed by atoms with Crippen LogP contribution in [0.2, 0.25) is 0 Å². The van der Waals surface area contributed by atoms with Gasteiger partial charge in [0, 0.05) is 31.5 Å². The summed E-state index contributed by atoms with van der Waals surface area (Å²) >= 11 is 0. The molecule has 1 aromatic heterocycles. The number of nitro groups is 1. The molecule has 0 saturated carbocycles. The average molecular weight is 290 g/mol. The van der Waals surface area contributed by atoms with Gasteiger partial charge in [-0.2, -0.15) is 5.10 Å². The Morgan fingerprint density at radius 1 is 1.33 bits per heavy atom. The molecule has 1 aliphatic heterocycles. The highest BCUT2D eigenvalue weighted by Gasteiger charge is 2.23. The second-order valence-corrected chi connectivity index (χ2v) is 5.10. The number of halogens is 1. The van der Waals surface area contributed by atoms with Crippen LogP contribution in [-0.2, 0) is 0 Å². The van der Waals surface area contributed by atoms with Crippen molar-refractivity contribution in [3.8, 4) is 0 Å². The lowest BCUT2D eigenvalue weighted by atomic mass is 10.0. The zero-order chi connectivity index (χ0) is 14.8. The molecule has 7 heteroatoms. The molecular weight excluding hydrogens is 275 g/mol. The maximum Gasteiger partial charge on any atom is 0.272 e. The van der Waals surface area contributed by atoms with Gasteiger partial charge >= 0.3 is 0 Å². The van der Waals surface area contributed by atoms with Crippen LogP contribution in [0.3, 0.4) is 0 Å². The minimum atomic E-state index is -0.587. The molecule has 110 valence electrons. The van der Waals surface area contributed by atoms with Crippen molar-refractivity contribution in [2.45, 2.75) is 18.9 Å². The van der Waals surface area contributed by atoms with Gasteiger partial charge in [-0.05, 0) is 25.0 Å². The van der Waals surface area contributed by atoms with Crippen LogP contribution in [0, 0.1) is 15.9 Å². The van der Waals surface area contributed by atoms with E-state index in [0.29, 0.717) is 24.8 Å². The molecule has 1 aromatic carbocycles. The van der Waals surface area contributed by atoms with Gasteiger partial charge in [0.2, 0.25) is 0 Å². The fraction of sp³-hybridized carbons (Fsp3) is 0.357. The molecule has 1 fully saturated rings. The minimum Gasteiger partial charge on any atom is -0.369 e. The van der Waals surface area contributed by atoms with Gasteiger partial charge in [0.05, 0.1) is 22.7 Å². The van der Waals surface area contributed by atoms with E-state index in [1.807, 2.05) is 21.8 Å². The van der Waals surface area contributed by atoms with E-state index in [0.717, 1.165) is 18.9 Å². The molecule has 0 spiro atoms. The first kappa shape index (κ1) is 13.5. The summed E-state index contributed by atoms with van der Waals surface area (Å²) in [6, 6.07) is 6.04. The molecular formula is C14H15FN4O2. The lowest BCUT2D eigenvalue weighted by Crippen LogP contribution is -2.35. The third-order valence-corrected chi connectivity index (χ3v) is 3.85. The van der Waals surface area contributed by atoms with E-state index < -0.39 is 10.7 Å². The van der Waals surface area contributed by atoms with Gasteiger partial charge in [0.15, 0.2) is 5.82 Å². The number of nitrogens with zero attached hydrogens (tertiary/aromatic N) is 4. The number of non-ortho nitro benzene ring substituents is 1. The minimum absolute atomic E-state index is 0.220. The Bertz CT molecular complexity index is 636. The summed E-state index contributed by atoms with van der Waals surface area (Å²) in [6.07, 6.45) is 5.44. The number of hydrogen-bond acceptors (Lipinski definition) is 4. The number of hydrogen-bond donors (Lipinski definition) is 0. The summed E-state index contributed by atoms with van der Waals surface area (Å²) in [5.74, 6) is -0.540. The number of benzene rings is 1. The first-order valence-electron chi connectivity index (χ1n) is 6.83. The lowest BCUT2D eigenvalue weighted by molar-refractivity contribution is -0.385. The van der Waals surface area contributed by atoms with E-state index in [2.05, 4.69) is 5.10 Å². The van der Waals surface area contributed by atoms with Crippen molar-refractivity contribution >= 4 is 11.4 Å². The summed E-state index contributed by atoms with van der Waals surface area (Å²) in [5, 5.41) is 14.9. The number of aromatic nitrogens is 2. The predicted molar refractivity (Wildman–Crippen MR) is 75.8 cm³/mol. The monoisotopic (exact) mass is 290 g/mol. The summed E-state index contributed by atoms with van der Waals surface area (Å²) < 4.78 is 15.9. The molecule has 0 aliphatic carbocycles. The third kappa shape index (κ3) is 2.72. The average Bonchev–Trinajstić information content (AvgIpc) is 3.01. The normalized spacial score (nSPS) is 16.1. The standard InChI is InChI=1S/C14H15FN4O2/c15-13-10-12(19(20)21)2-3-14(13)17-8-4-11(5-9-17)18-7-1-6-16-18/h1-3,6-7,10-11H,4-5,8-9H2. The van der Waals surface area contributed by atoms with Crippen LogP contribution in [0.25, 0.3) is 0 Å². The van der Waals surface area contributed by atoms with Crippen LogP contribution in [0.4, 0.5) is 15.8 Å².